The molecule has 0 aromatic carbocycles. The van der Waals surface area contributed by atoms with Crippen molar-refractivity contribution < 1.29 is 9.53 Å². The summed E-state index contributed by atoms with van der Waals surface area (Å²) in [5, 5.41) is 5.57. The first-order chi connectivity index (χ1) is 15.3. The molecule has 2 N–H and O–H groups in total. The summed E-state index contributed by atoms with van der Waals surface area (Å²) in [7, 11) is -0.567. The summed E-state index contributed by atoms with van der Waals surface area (Å²) in [5.74, 6) is 1.24. The third-order valence-electron chi connectivity index (χ3n) is 6.20. The molecular formula is C23H34N6O2S. The lowest BCUT2D eigenvalue weighted by molar-refractivity contribution is -0.119. The average Bonchev–Trinajstić information content (AvgIpc) is 3.49. The van der Waals surface area contributed by atoms with Crippen molar-refractivity contribution in [1.29, 1.82) is 0 Å². The predicted molar refractivity (Wildman–Crippen MR) is 130 cm³/mol. The van der Waals surface area contributed by atoms with E-state index in [9.17, 15) is 4.79 Å². The van der Waals surface area contributed by atoms with Crippen LogP contribution in [0, 0.1) is 5.92 Å². The number of hydrogen-bond acceptors (Lipinski definition) is 5. The number of carbonyl (C=O) groups excluding carboxylic acids is 1. The van der Waals surface area contributed by atoms with Crippen molar-refractivity contribution in [3.63, 3.8) is 0 Å². The molecule has 32 heavy (non-hydrogen) atoms. The molecule has 4 rings (SSSR count). The topological polar surface area (TPSA) is 101 Å². The number of amides is 1. The summed E-state index contributed by atoms with van der Waals surface area (Å²) in [6.45, 7) is 1.21. The molecule has 3 aromatic heterocycles. The molecule has 3 aromatic rings. The summed E-state index contributed by atoms with van der Waals surface area (Å²) < 4.78 is 9.83. The van der Waals surface area contributed by atoms with Crippen LogP contribution < -0.4 is 5.73 Å². The van der Waals surface area contributed by atoms with Gasteiger partial charge in [0.1, 0.15) is 18.7 Å². The van der Waals surface area contributed by atoms with E-state index in [4.69, 9.17) is 10.5 Å². The first-order valence-electron chi connectivity index (χ1n) is 11.2. The van der Waals surface area contributed by atoms with Crippen LogP contribution in [0.5, 0.6) is 0 Å². The van der Waals surface area contributed by atoms with E-state index in [2.05, 4.69) is 33.8 Å². The van der Waals surface area contributed by atoms with Gasteiger partial charge in [0.25, 0.3) is 0 Å². The number of nitrogens with zero attached hydrogens (tertiary/aromatic N) is 5. The van der Waals surface area contributed by atoms with Crippen molar-refractivity contribution in [2.24, 2.45) is 11.7 Å². The Morgan fingerprint density at radius 1 is 1.28 bits per heavy atom. The number of primary amides is 1. The highest BCUT2D eigenvalue weighted by Gasteiger charge is 2.28. The van der Waals surface area contributed by atoms with Gasteiger partial charge in [0.15, 0.2) is 0 Å². The minimum absolute atomic E-state index is 0.00372. The van der Waals surface area contributed by atoms with Gasteiger partial charge >= 0.3 is 0 Å². The van der Waals surface area contributed by atoms with Crippen LogP contribution in [0.2, 0.25) is 0 Å². The molecule has 0 aliphatic heterocycles. The molecule has 0 spiro atoms. The largest absolute Gasteiger partial charge is 0.370 e. The zero-order valence-electron chi connectivity index (χ0n) is 19.2. The number of rotatable bonds is 10. The molecule has 0 radical (unpaired) electrons. The fraction of sp³-hybridized carbons (Fsp3) is 0.565. The fourth-order valence-corrected chi connectivity index (χ4v) is 5.09. The van der Waals surface area contributed by atoms with E-state index in [1.54, 1.807) is 6.33 Å². The number of fused-ring (bicyclic) bond motifs is 1. The zero-order chi connectivity index (χ0) is 22.7. The first-order valence-corrected chi connectivity index (χ1v) is 14.2. The molecule has 9 heteroatoms. The lowest BCUT2D eigenvalue weighted by atomic mass is 9.95. The van der Waals surface area contributed by atoms with Crippen LogP contribution in [0.15, 0.2) is 31.0 Å². The number of carbonyl (C=O) groups is 1. The number of aromatic nitrogens is 5. The monoisotopic (exact) mass is 458 g/mol. The van der Waals surface area contributed by atoms with Crippen molar-refractivity contribution in [3.8, 4) is 11.3 Å². The first kappa shape index (κ1) is 22.8. The van der Waals surface area contributed by atoms with Gasteiger partial charge in [0.05, 0.1) is 24.5 Å². The minimum atomic E-state index is -0.567. The summed E-state index contributed by atoms with van der Waals surface area (Å²) in [6, 6.07) is 2.03. The standard InChI is InChI=1S/C23H34N6O2S/c1-32(2,3)11-10-31-16-28-9-8-19-22(25-15-26-23(19)28)18-13-27-29(14-18)20(12-21(24)30)17-6-4-5-7-17/h8-9,13-15,17,20H,4-7,10-12,16H2,1-3H3,(H2,24,30)/t20-/m1/s1. The van der Waals surface area contributed by atoms with Crippen LogP contribution in [0.4, 0.5) is 0 Å². The van der Waals surface area contributed by atoms with Crippen LogP contribution in [0.25, 0.3) is 22.3 Å². The van der Waals surface area contributed by atoms with Gasteiger partial charge in [-0.25, -0.2) is 20.0 Å². The fourth-order valence-electron chi connectivity index (χ4n) is 4.48. The predicted octanol–water partition coefficient (Wildman–Crippen LogP) is 3.57. The third-order valence-corrected chi connectivity index (χ3v) is 7.59. The number of hydrogen-bond donors (Lipinski definition) is 1. The molecule has 0 bridgehead atoms. The van der Waals surface area contributed by atoms with Gasteiger partial charge in [-0.15, -0.1) is 0 Å². The SMILES string of the molecule is CS(C)(C)CCOCn1ccc2c(-c3cnn([C@H](CC(N)=O)C4CCCC4)c3)ncnc21. The Morgan fingerprint density at radius 2 is 2.06 bits per heavy atom. The van der Waals surface area contributed by atoms with Gasteiger partial charge in [-0.3, -0.25) is 9.48 Å². The quantitative estimate of drug-likeness (QED) is 0.468. The third kappa shape index (κ3) is 5.32. The molecule has 0 unspecified atom stereocenters. The van der Waals surface area contributed by atoms with Crippen LogP contribution in [-0.2, 0) is 16.3 Å². The molecule has 1 aliphatic rings. The van der Waals surface area contributed by atoms with Gasteiger partial charge < -0.3 is 15.0 Å². The number of ether oxygens (including phenoxy) is 1. The molecule has 1 fully saturated rings. The van der Waals surface area contributed by atoms with E-state index in [0.29, 0.717) is 19.1 Å². The lowest BCUT2D eigenvalue weighted by Crippen LogP contribution is -2.24. The van der Waals surface area contributed by atoms with Crippen molar-refractivity contribution in [3.05, 3.63) is 31.0 Å². The highest BCUT2D eigenvalue weighted by atomic mass is 32.3. The average molecular weight is 459 g/mol. The van der Waals surface area contributed by atoms with Gasteiger partial charge in [0, 0.05) is 35.5 Å². The molecule has 1 atom stereocenters. The van der Waals surface area contributed by atoms with Crippen molar-refractivity contribution in [1.82, 2.24) is 24.3 Å². The van der Waals surface area contributed by atoms with Crippen LogP contribution >= 0.6 is 10.0 Å². The Hall–Kier alpha value is -2.39. The maximum Gasteiger partial charge on any atom is 0.219 e. The maximum absolute atomic E-state index is 11.7. The maximum atomic E-state index is 11.7. The van der Waals surface area contributed by atoms with Crippen LogP contribution in [-0.4, -0.2) is 61.3 Å². The Balaban J connectivity index is 1.54. The van der Waals surface area contributed by atoms with Gasteiger partial charge in [0.2, 0.25) is 5.91 Å². The summed E-state index contributed by atoms with van der Waals surface area (Å²) in [5.41, 5.74) is 8.15. The Bertz CT molecular complexity index is 1060. The van der Waals surface area contributed by atoms with E-state index in [0.717, 1.165) is 47.5 Å². The minimum Gasteiger partial charge on any atom is -0.370 e. The molecule has 174 valence electrons. The Kier molecular flexibility index (Phi) is 6.85. The summed E-state index contributed by atoms with van der Waals surface area (Å²) >= 11 is 0. The lowest BCUT2D eigenvalue weighted by Gasteiger charge is -2.24. The van der Waals surface area contributed by atoms with E-state index in [1.165, 1.54) is 12.8 Å². The second kappa shape index (κ2) is 9.62. The van der Waals surface area contributed by atoms with Crippen molar-refractivity contribution in [2.45, 2.75) is 44.9 Å². The number of nitrogens with two attached hydrogens (primary N) is 1. The summed E-state index contributed by atoms with van der Waals surface area (Å²) in [6.07, 6.45) is 19.2. The molecule has 1 aliphatic carbocycles. The second-order valence-corrected chi connectivity index (χ2v) is 14.2. The van der Waals surface area contributed by atoms with Crippen molar-refractivity contribution in [2.75, 3.05) is 31.1 Å². The smallest absolute Gasteiger partial charge is 0.219 e. The van der Waals surface area contributed by atoms with E-state index < -0.39 is 10.0 Å². The Labute approximate surface area is 190 Å². The van der Waals surface area contributed by atoms with E-state index in [1.807, 2.05) is 33.9 Å². The Morgan fingerprint density at radius 3 is 2.78 bits per heavy atom. The van der Waals surface area contributed by atoms with E-state index >= 15 is 0 Å². The molecule has 0 saturated heterocycles. The zero-order valence-corrected chi connectivity index (χ0v) is 20.1. The molecule has 3 heterocycles. The van der Waals surface area contributed by atoms with Gasteiger partial charge in [-0.2, -0.15) is 5.10 Å². The van der Waals surface area contributed by atoms with Crippen LogP contribution in [0.1, 0.15) is 38.1 Å². The highest BCUT2D eigenvalue weighted by molar-refractivity contribution is 8.32. The molecule has 1 amide bonds. The normalized spacial score (nSPS) is 16.6. The van der Waals surface area contributed by atoms with Crippen molar-refractivity contribution >= 4 is 27.0 Å². The van der Waals surface area contributed by atoms with Gasteiger partial charge in [-0.05, 0) is 43.6 Å². The molecular weight excluding hydrogens is 424 g/mol. The molecule has 1 saturated carbocycles. The van der Waals surface area contributed by atoms with Gasteiger partial charge in [-0.1, -0.05) is 12.8 Å². The second-order valence-electron chi connectivity index (χ2n) is 9.57. The summed E-state index contributed by atoms with van der Waals surface area (Å²) in [4.78, 5) is 20.7. The van der Waals surface area contributed by atoms with Crippen LogP contribution in [0.3, 0.4) is 0 Å². The highest BCUT2D eigenvalue weighted by Crippen LogP contribution is 2.37. The molecule has 8 nitrogen and oxygen atoms in total. The van der Waals surface area contributed by atoms with E-state index in [-0.39, 0.29) is 11.9 Å².